The minimum absolute atomic E-state index is 0.115. The van der Waals surface area contributed by atoms with Crippen molar-refractivity contribution >= 4 is 11.9 Å². The first kappa shape index (κ1) is 20.8. The van der Waals surface area contributed by atoms with Crippen LogP contribution in [0, 0.1) is 13.8 Å². The molecule has 2 heterocycles. The molecule has 5 nitrogen and oxygen atoms in total. The predicted octanol–water partition coefficient (Wildman–Crippen LogP) is 6.17. The summed E-state index contributed by atoms with van der Waals surface area (Å²) in [6.07, 6.45) is 3.72. The van der Waals surface area contributed by atoms with E-state index in [1.807, 2.05) is 98.4 Å². The molecule has 0 unspecified atom stereocenters. The van der Waals surface area contributed by atoms with Crippen LogP contribution in [0.15, 0.2) is 78.7 Å². The largest absolute Gasteiger partial charge is 0.494 e. The highest BCUT2D eigenvalue weighted by atomic mass is 16.5. The second kappa shape index (κ2) is 8.43. The summed E-state index contributed by atoms with van der Waals surface area (Å²) in [5, 5.41) is 4.88. The van der Waals surface area contributed by atoms with E-state index in [4.69, 9.17) is 14.6 Å². The van der Waals surface area contributed by atoms with Gasteiger partial charge in [0.25, 0.3) is 0 Å². The van der Waals surface area contributed by atoms with Gasteiger partial charge in [-0.05, 0) is 74.9 Å². The van der Waals surface area contributed by atoms with Crippen LogP contribution in [-0.2, 0) is 0 Å². The van der Waals surface area contributed by atoms with E-state index in [0.717, 1.165) is 39.4 Å². The molecule has 164 valence electrons. The number of nitrogens with zero attached hydrogens (tertiary/aromatic N) is 2. The summed E-state index contributed by atoms with van der Waals surface area (Å²) < 4.78 is 13.4. The first-order valence-corrected chi connectivity index (χ1v) is 11.0. The van der Waals surface area contributed by atoms with E-state index in [1.54, 1.807) is 6.08 Å². The van der Waals surface area contributed by atoms with Crippen LogP contribution in [0.3, 0.4) is 0 Å². The highest BCUT2D eigenvalue weighted by molar-refractivity contribution is 6.14. The van der Waals surface area contributed by atoms with Crippen LogP contribution < -0.4 is 9.47 Å². The summed E-state index contributed by atoms with van der Waals surface area (Å²) in [5.74, 6) is 1.59. The highest BCUT2D eigenvalue weighted by Crippen LogP contribution is 2.35. The van der Waals surface area contributed by atoms with Crippen LogP contribution in [0.4, 0.5) is 0 Å². The summed E-state index contributed by atoms with van der Waals surface area (Å²) >= 11 is 0. The fourth-order valence-electron chi connectivity index (χ4n) is 4.02. The molecule has 0 aliphatic carbocycles. The van der Waals surface area contributed by atoms with Gasteiger partial charge in [-0.2, -0.15) is 5.10 Å². The number of hydrogen-bond acceptors (Lipinski definition) is 4. The third-order valence-electron chi connectivity index (χ3n) is 5.64. The van der Waals surface area contributed by atoms with Crippen LogP contribution in [0.5, 0.6) is 11.5 Å². The van der Waals surface area contributed by atoms with Crippen LogP contribution in [0.1, 0.15) is 34.0 Å². The normalized spacial score (nSPS) is 13.8. The van der Waals surface area contributed by atoms with Gasteiger partial charge in [-0.3, -0.25) is 4.79 Å². The summed E-state index contributed by atoms with van der Waals surface area (Å²) in [7, 11) is 0. The number of aromatic nitrogens is 2. The molecule has 0 saturated carbocycles. The van der Waals surface area contributed by atoms with Gasteiger partial charge in [-0.1, -0.05) is 29.8 Å². The average molecular weight is 437 g/mol. The van der Waals surface area contributed by atoms with Crippen LogP contribution in [0.2, 0.25) is 0 Å². The number of Topliss-reactive ketones (excluding diaryl/α,β-unsaturated/α-hetero) is 1. The van der Waals surface area contributed by atoms with Crippen molar-refractivity contribution in [1.29, 1.82) is 0 Å². The van der Waals surface area contributed by atoms with E-state index in [9.17, 15) is 4.79 Å². The summed E-state index contributed by atoms with van der Waals surface area (Å²) in [6, 6.07) is 21.5. The molecule has 5 rings (SSSR count). The van der Waals surface area contributed by atoms with E-state index >= 15 is 0 Å². The molecule has 5 heteroatoms. The van der Waals surface area contributed by atoms with E-state index in [1.165, 1.54) is 0 Å². The number of allylic oxidation sites excluding steroid dienone is 1. The Hall–Kier alpha value is -4.12. The molecular formula is C28H24N2O3. The Labute approximate surface area is 192 Å². The molecule has 1 aromatic heterocycles. The zero-order valence-corrected chi connectivity index (χ0v) is 18.8. The van der Waals surface area contributed by atoms with Gasteiger partial charge < -0.3 is 9.47 Å². The number of ketones is 1. The zero-order valence-electron chi connectivity index (χ0n) is 18.8. The summed E-state index contributed by atoms with van der Waals surface area (Å²) in [6.45, 7) is 6.57. The Morgan fingerprint density at radius 3 is 2.58 bits per heavy atom. The van der Waals surface area contributed by atoms with Crippen LogP contribution >= 0.6 is 0 Å². The van der Waals surface area contributed by atoms with E-state index in [2.05, 4.69) is 0 Å². The topological polar surface area (TPSA) is 53.4 Å². The SMILES string of the molecule is CCOc1ccc(-c2nn(-c3ccccc3)cc2/C=C2\Oc3ccc(C)cc3C2=O)c(C)c1. The smallest absolute Gasteiger partial charge is 0.231 e. The van der Waals surface area contributed by atoms with Gasteiger partial charge in [-0.15, -0.1) is 0 Å². The number of carbonyl (C=O) groups excluding carboxylic acids is 1. The number of hydrogen-bond donors (Lipinski definition) is 0. The Bertz CT molecular complexity index is 1380. The first-order chi connectivity index (χ1) is 16.0. The lowest BCUT2D eigenvalue weighted by Crippen LogP contribution is -1.98. The van der Waals surface area contributed by atoms with Crippen molar-refractivity contribution < 1.29 is 14.3 Å². The van der Waals surface area contributed by atoms with Gasteiger partial charge in [-0.25, -0.2) is 4.68 Å². The molecule has 1 aliphatic rings. The van der Waals surface area contributed by atoms with Crippen molar-refractivity contribution in [3.63, 3.8) is 0 Å². The standard InChI is InChI=1S/C28H24N2O3/c1-4-32-22-11-12-23(19(3)15-22)27-20(17-30(29-27)21-8-6-5-7-9-21)16-26-28(31)24-14-18(2)10-13-25(24)33-26/h5-17H,4H2,1-3H3/b26-16-. The molecule has 4 aromatic rings. The molecule has 3 aromatic carbocycles. The monoisotopic (exact) mass is 436 g/mol. The van der Waals surface area contributed by atoms with Gasteiger partial charge in [0.1, 0.15) is 17.2 Å². The molecule has 0 fully saturated rings. The molecule has 0 radical (unpaired) electrons. The number of ether oxygens (including phenoxy) is 2. The second-order valence-electron chi connectivity index (χ2n) is 8.06. The Morgan fingerprint density at radius 1 is 1.00 bits per heavy atom. The molecule has 0 N–H and O–H groups in total. The quantitative estimate of drug-likeness (QED) is 0.351. The third-order valence-corrected chi connectivity index (χ3v) is 5.64. The fourth-order valence-corrected chi connectivity index (χ4v) is 4.02. The minimum atomic E-state index is -0.115. The molecule has 1 aliphatic heterocycles. The van der Waals surface area contributed by atoms with Crippen LogP contribution in [-0.4, -0.2) is 22.2 Å². The van der Waals surface area contributed by atoms with Crippen molar-refractivity contribution in [3.8, 4) is 28.4 Å². The zero-order chi connectivity index (χ0) is 22.9. The van der Waals surface area contributed by atoms with E-state index < -0.39 is 0 Å². The number of benzene rings is 3. The van der Waals surface area contributed by atoms with Crippen molar-refractivity contribution in [2.45, 2.75) is 20.8 Å². The summed E-state index contributed by atoms with van der Waals surface area (Å²) in [4.78, 5) is 13.0. The Kier molecular flexibility index (Phi) is 5.31. The molecular weight excluding hydrogens is 412 g/mol. The maximum Gasteiger partial charge on any atom is 0.231 e. The molecule has 0 bridgehead atoms. The van der Waals surface area contributed by atoms with Gasteiger partial charge in [0.15, 0.2) is 5.76 Å². The molecule has 0 saturated heterocycles. The maximum atomic E-state index is 13.0. The second-order valence-corrected chi connectivity index (χ2v) is 8.06. The Balaban J connectivity index is 1.62. The number of para-hydroxylation sites is 1. The lowest BCUT2D eigenvalue weighted by atomic mass is 10.0. The van der Waals surface area contributed by atoms with Crippen molar-refractivity contribution in [2.75, 3.05) is 6.61 Å². The lowest BCUT2D eigenvalue weighted by molar-refractivity contribution is 0.101. The first-order valence-electron chi connectivity index (χ1n) is 11.0. The number of fused-ring (bicyclic) bond motifs is 1. The average Bonchev–Trinajstić information content (AvgIpc) is 3.36. The van der Waals surface area contributed by atoms with Crippen LogP contribution in [0.25, 0.3) is 23.0 Å². The highest BCUT2D eigenvalue weighted by Gasteiger charge is 2.28. The maximum absolute atomic E-state index is 13.0. The molecule has 33 heavy (non-hydrogen) atoms. The van der Waals surface area contributed by atoms with Gasteiger partial charge in [0.2, 0.25) is 5.78 Å². The lowest BCUT2D eigenvalue weighted by Gasteiger charge is -2.08. The Morgan fingerprint density at radius 2 is 1.82 bits per heavy atom. The van der Waals surface area contributed by atoms with Crippen molar-refractivity contribution in [2.24, 2.45) is 0 Å². The number of rotatable bonds is 5. The van der Waals surface area contributed by atoms with E-state index in [-0.39, 0.29) is 5.78 Å². The predicted molar refractivity (Wildman–Crippen MR) is 129 cm³/mol. The van der Waals surface area contributed by atoms with Crippen molar-refractivity contribution in [3.05, 3.63) is 101 Å². The molecule has 0 spiro atoms. The summed E-state index contributed by atoms with van der Waals surface area (Å²) in [5.41, 5.74) is 6.14. The van der Waals surface area contributed by atoms with Gasteiger partial charge in [0.05, 0.1) is 17.9 Å². The van der Waals surface area contributed by atoms with Crippen molar-refractivity contribution in [1.82, 2.24) is 9.78 Å². The van der Waals surface area contributed by atoms with Gasteiger partial charge >= 0.3 is 0 Å². The van der Waals surface area contributed by atoms with Gasteiger partial charge in [0, 0.05) is 17.3 Å². The number of carbonyl (C=O) groups is 1. The number of aryl methyl sites for hydroxylation is 2. The van der Waals surface area contributed by atoms with E-state index in [0.29, 0.717) is 23.7 Å². The molecule has 0 amide bonds. The minimum Gasteiger partial charge on any atom is -0.494 e. The third kappa shape index (κ3) is 3.94. The molecule has 0 atom stereocenters. The fraction of sp³-hybridized carbons (Fsp3) is 0.143.